The zero-order chi connectivity index (χ0) is 11.5. The highest BCUT2D eigenvalue weighted by atomic mass is 15.2. The Hall–Kier alpha value is -1.33. The van der Waals surface area contributed by atoms with Gasteiger partial charge in [-0.05, 0) is 37.0 Å². The van der Waals surface area contributed by atoms with Crippen LogP contribution in [0.4, 0.5) is 0 Å². The standard InChI is InChI=1S/C14H18N2/c1-11-6-12(2)16(9-11)10-14-5-3-4-13(7-14)8-15/h3-5,7,11-12H,6,9-10H2,1-2H3. The molecule has 0 amide bonds. The summed E-state index contributed by atoms with van der Waals surface area (Å²) in [6.07, 6.45) is 1.29. The zero-order valence-electron chi connectivity index (χ0n) is 9.98. The molecule has 1 saturated heterocycles. The van der Waals surface area contributed by atoms with Crippen LogP contribution in [-0.4, -0.2) is 17.5 Å². The van der Waals surface area contributed by atoms with Gasteiger partial charge in [0.05, 0.1) is 11.6 Å². The van der Waals surface area contributed by atoms with E-state index in [1.807, 2.05) is 18.2 Å². The molecule has 0 saturated carbocycles. The normalized spacial score (nSPS) is 25.6. The maximum absolute atomic E-state index is 8.85. The van der Waals surface area contributed by atoms with Crippen molar-refractivity contribution in [2.24, 2.45) is 5.92 Å². The minimum absolute atomic E-state index is 0.667. The van der Waals surface area contributed by atoms with E-state index >= 15 is 0 Å². The fourth-order valence-corrected chi connectivity index (χ4v) is 2.58. The molecule has 0 radical (unpaired) electrons. The summed E-state index contributed by atoms with van der Waals surface area (Å²) in [5, 5.41) is 8.85. The van der Waals surface area contributed by atoms with Gasteiger partial charge in [-0.1, -0.05) is 19.1 Å². The lowest BCUT2D eigenvalue weighted by molar-refractivity contribution is 0.256. The third kappa shape index (κ3) is 2.43. The predicted molar refractivity (Wildman–Crippen MR) is 64.8 cm³/mol. The molecule has 2 atom stereocenters. The average molecular weight is 214 g/mol. The Labute approximate surface area is 97.5 Å². The van der Waals surface area contributed by atoms with Crippen molar-refractivity contribution < 1.29 is 0 Å². The van der Waals surface area contributed by atoms with Gasteiger partial charge in [0.15, 0.2) is 0 Å². The highest BCUT2D eigenvalue weighted by Crippen LogP contribution is 2.24. The quantitative estimate of drug-likeness (QED) is 0.757. The third-order valence-corrected chi connectivity index (χ3v) is 3.35. The lowest BCUT2D eigenvalue weighted by atomic mass is 10.1. The monoisotopic (exact) mass is 214 g/mol. The number of hydrogen-bond donors (Lipinski definition) is 0. The fourth-order valence-electron chi connectivity index (χ4n) is 2.58. The van der Waals surface area contributed by atoms with Crippen molar-refractivity contribution in [1.29, 1.82) is 5.26 Å². The maximum atomic E-state index is 8.85. The first-order chi connectivity index (χ1) is 7.69. The molecule has 1 fully saturated rings. The number of nitrogens with zero attached hydrogens (tertiary/aromatic N) is 2. The van der Waals surface area contributed by atoms with Gasteiger partial charge in [-0.25, -0.2) is 0 Å². The maximum Gasteiger partial charge on any atom is 0.0991 e. The van der Waals surface area contributed by atoms with Crippen LogP contribution in [0.1, 0.15) is 31.4 Å². The van der Waals surface area contributed by atoms with Crippen molar-refractivity contribution in [1.82, 2.24) is 4.90 Å². The lowest BCUT2D eigenvalue weighted by Crippen LogP contribution is -2.26. The predicted octanol–water partition coefficient (Wildman–Crippen LogP) is 2.79. The Morgan fingerprint density at radius 3 is 2.88 bits per heavy atom. The number of benzene rings is 1. The molecule has 2 heteroatoms. The summed E-state index contributed by atoms with van der Waals surface area (Å²) in [6.45, 7) is 6.75. The lowest BCUT2D eigenvalue weighted by Gasteiger charge is -2.20. The topological polar surface area (TPSA) is 27.0 Å². The Kier molecular flexibility index (Phi) is 3.26. The van der Waals surface area contributed by atoms with Crippen molar-refractivity contribution in [2.75, 3.05) is 6.54 Å². The summed E-state index contributed by atoms with van der Waals surface area (Å²) >= 11 is 0. The van der Waals surface area contributed by atoms with Crippen LogP contribution in [0.15, 0.2) is 24.3 Å². The van der Waals surface area contributed by atoms with Crippen LogP contribution in [0.2, 0.25) is 0 Å². The summed E-state index contributed by atoms with van der Waals surface area (Å²) in [7, 11) is 0. The minimum Gasteiger partial charge on any atom is -0.296 e. The van der Waals surface area contributed by atoms with Gasteiger partial charge in [0, 0.05) is 19.1 Å². The van der Waals surface area contributed by atoms with Gasteiger partial charge >= 0.3 is 0 Å². The number of nitriles is 1. The molecule has 1 heterocycles. The fraction of sp³-hybridized carbons (Fsp3) is 0.500. The van der Waals surface area contributed by atoms with Crippen molar-refractivity contribution in [3.8, 4) is 6.07 Å². The first-order valence-electron chi connectivity index (χ1n) is 5.92. The minimum atomic E-state index is 0.667. The van der Waals surface area contributed by atoms with E-state index in [1.54, 1.807) is 0 Å². The molecule has 0 N–H and O–H groups in total. The van der Waals surface area contributed by atoms with E-state index in [4.69, 9.17) is 5.26 Å². The average Bonchev–Trinajstić information content (AvgIpc) is 2.58. The highest BCUT2D eigenvalue weighted by Gasteiger charge is 2.25. The first-order valence-corrected chi connectivity index (χ1v) is 5.92. The first kappa shape index (κ1) is 11.2. The van der Waals surface area contributed by atoms with Gasteiger partial charge in [-0.3, -0.25) is 4.90 Å². The SMILES string of the molecule is CC1CC(C)N(Cc2cccc(C#N)c2)C1. The Morgan fingerprint density at radius 1 is 1.44 bits per heavy atom. The van der Waals surface area contributed by atoms with E-state index in [9.17, 15) is 0 Å². The van der Waals surface area contributed by atoms with Gasteiger partial charge in [0.25, 0.3) is 0 Å². The molecule has 0 bridgehead atoms. The van der Waals surface area contributed by atoms with Gasteiger partial charge < -0.3 is 0 Å². The summed E-state index contributed by atoms with van der Waals surface area (Å²) in [4.78, 5) is 2.50. The van der Waals surface area contributed by atoms with E-state index in [2.05, 4.69) is 30.9 Å². The third-order valence-electron chi connectivity index (χ3n) is 3.35. The van der Waals surface area contributed by atoms with E-state index in [1.165, 1.54) is 18.5 Å². The van der Waals surface area contributed by atoms with E-state index in [0.717, 1.165) is 18.0 Å². The van der Waals surface area contributed by atoms with Crippen LogP contribution in [0.25, 0.3) is 0 Å². The highest BCUT2D eigenvalue weighted by molar-refractivity contribution is 5.32. The van der Waals surface area contributed by atoms with Crippen LogP contribution < -0.4 is 0 Å². The molecule has 0 aliphatic carbocycles. The van der Waals surface area contributed by atoms with Crippen LogP contribution in [0.5, 0.6) is 0 Å². The second kappa shape index (κ2) is 4.67. The van der Waals surface area contributed by atoms with Crippen LogP contribution in [0, 0.1) is 17.2 Å². The molecule has 1 aliphatic rings. The van der Waals surface area contributed by atoms with E-state index < -0.39 is 0 Å². The largest absolute Gasteiger partial charge is 0.296 e. The van der Waals surface area contributed by atoms with E-state index in [0.29, 0.717) is 6.04 Å². The van der Waals surface area contributed by atoms with Crippen LogP contribution in [0.3, 0.4) is 0 Å². The van der Waals surface area contributed by atoms with Crippen molar-refractivity contribution >= 4 is 0 Å². The molecule has 2 nitrogen and oxygen atoms in total. The van der Waals surface area contributed by atoms with Crippen molar-refractivity contribution in [3.63, 3.8) is 0 Å². The molecule has 2 unspecified atom stereocenters. The molecule has 1 aromatic rings. The molecule has 84 valence electrons. The van der Waals surface area contributed by atoms with Crippen molar-refractivity contribution in [3.05, 3.63) is 35.4 Å². The second-order valence-corrected chi connectivity index (χ2v) is 4.93. The molecule has 1 aliphatic heterocycles. The zero-order valence-corrected chi connectivity index (χ0v) is 9.98. The molecular weight excluding hydrogens is 196 g/mol. The summed E-state index contributed by atoms with van der Waals surface area (Å²) in [5.74, 6) is 0.800. The smallest absolute Gasteiger partial charge is 0.0991 e. The summed E-state index contributed by atoms with van der Waals surface area (Å²) < 4.78 is 0. The Bertz CT molecular complexity index is 405. The van der Waals surface area contributed by atoms with Crippen LogP contribution >= 0.6 is 0 Å². The van der Waals surface area contributed by atoms with Gasteiger partial charge in [-0.15, -0.1) is 0 Å². The summed E-state index contributed by atoms with van der Waals surface area (Å²) in [6, 6.07) is 10.8. The molecule has 1 aromatic carbocycles. The molecular formula is C14H18N2. The number of hydrogen-bond acceptors (Lipinski definition) is 2. The van der Waals surface area contributed by atoms with Gasteiger partial charge in [0.1, 0.15) is 0 Å². The molecule has 16 heavy (non-hydrogen) atoms. The van der Waals surface area contributed by atoms with E-state index in [-0.39, 0.29) is 0 Å². The van der Waals surface area contributed by atoms with Gasteiger partial charge in [0.2, 0.25) is 0 Å². The van der Waals surface area contributed by atoms with Crippen molar-refractivity contribution in [2.45, 2.75) is 32.9 Å². The Morgan fingerprint density at radius 2 is 2.25 bits per heavy atom. The Balaban J connectivity index is 2.06. The second-order valence-electron chi connectivity index (χ2n) is 4.93. The molecule has 0 aromatic heterocycles. The molecule has 2 rings (SSSR count). The number of likely N-dealkylation sites (tertiary alicyclic amines) is 1. The molecule has 0 spiro atoms. The van der Waals surface area contributed by atoms with Crippen LogP contribution in [-0.2, 0) is 6.54 Å². The summed E-state index contributed by atoms with van der Waals surface area (Å²) in [5.41, 5.74) is 2.01. The van der Waals surface area contributed by atoms with Gasteiger partial charge in [-0.2, -0.15) is 5.26 Å². The number of rotatable bonds is 2.